The van der Waals surface area contributed by atoms with Gasteiger partial charge in [-0.2, -0.15) is 0 Å². The molecule has 1 aromatic rings. The highest BCUT2D eigenvalue weighted by Gasteiger charge is 2.25. The number of halogens is 1. The van der Waals surface area contributed by atoms with Gasteiger partial charge in [0.25, 0.3) is 0 Å². The Bertz CT molecular complexity index is 571. The molecule has 1 aromatic carbocycles. The van der Waals surface area contributed by atoms with E-state index in [0.717, 1.165) is 12.5 Å². The standard InChI is InChI=1S/C21H35N5.BrH/c1-4-5-6-7-8-9-13-16-24-26-18-23-21(2,3)25-20(26)22-17-19-14-11-10-12-15-19;/h10-12,14-15,18,24H,4-9,13,16-17H2,1-3H3,(H,22,25);1H. The molecule has 0 atom stereocenters. The van der Waals surface area contributed by atoms with Crippen molar-refractivity contribution in [3.63, 3.8) is 0 Å². The number of unbranched alkanes of at least 4 members (excludes halogenated alkanes) is 6. The fourth-order valence-corrected chi connectivity index (χ4v) is 2.89. The van der Waals surface area contributed by atoms with Crippen LogP contribution in [0.15, 0.2) is 40.3 Å². The van der Waals surface area contributed by atoms with Crippen LogP contribution in [0.2, 0.25) is 0 Å². The predicted molar refractivity (Wildman–Crippen MR) is 121 cm³/mol. The molecule has 0 aliphatic carbocycles. The molecule has 0 spiro atoms. The molecule has 27 heavy (non-hydrogen) atoms. The lowest BCUT2D eigenvalue weighted by Gasteiger charge is -2.34. The first-order chi connectivity index (χ1) is 12.6. The summed E-state index contributed by atoms with van der Waals surface area (Å²) in [5.74, 6) is 0.830. The number of hydrazine groups is 1. The summed E-state index contributed by atoms with van der Waals surface area (Å²) in [4.78, 5) is 9.30. The minimum absolute atomic E-state index is 0. The summed E-state index contributed by atoms with van der Waals surface area (Å²) in [6, 6.07) is 10.3. The van der Waals surface area contributed by atoms with E-state index in [1.807, 2.05) is 29.5 Å². The Balaban J connectivity index is 0.00000364. The van der Waals surface area contributed by atoms with Gasteiger partial charge in [-0.1, -0.05) is 75.8 Å². The Labute approximate surface area is 175 Å². The predicted octanol–water partition coefficient (Wildman–Crippen LogP) is 5.05. The van der Waals surface area contributed by atoms with Crippen LogP contribution in [0.25, 0.3) is 0 Å². The van der Waals surface area contributed by atoms with Gasteiger partial charge < -0.3 is 5.32 Å². The van der Waals surface area contributed by atoms with Crippen LogP contribution in [-0.4, -0.2) is 29.5 Å². The smallest absolute Gasteiger partial charge is 0.216 e. The van der Waals surface area contributed by atoms with E-state index in [0.29, 0.717) is 6.54 Å². The molecule has 0 saturated carbocycles. The van der Waals surface area contributed by atoms with Gasteiger partial charge in [0.05, 0.1) is 6.54 Å². The van der Waals surface area contributed by atoms with Crippen molar-refractivity contribution in [2.24, 2.45) is 9.98 Å². The van der Waals surface area contributed by atoms with Crippen LogP contribution in [-0.2, 0) is 6.54 Å². The second-order valence-electron chi connectivity index (χ2n) is 7.45. The SMILES string of the molecule is Br.CCCCCCCCCNN1C=NC(C)(C)NC1=NCc1ccccc1. The van der Waals surface area contributed by atoms with Crippen LogP contribution in [0.5, 0.6) is 0 Å². The Hall–Kier alpha value is -1.40. The first kappa shape index (κ1) is 23.6. The maximum Gasteiger partial charge on any atom is 0.216 e. The molecule has 1 aliphatic rings. The minimum Gasteiger partial charge on any atom is -0.331 e. The molecule has 2 rings (SSSR count). The van der Waals surface area contributed by atoms with Crippen LogP contribution in [0.4, 0.5) is 0 Å². The first-order valence-electron chi connectivity index (χ1n) is 10.1. The molecule has 0 unspecified atom stereocenters. The Morgan fingerprint density at radius 2 is 1.70 bits per heavy atom. The average molecular weight is 438 g/mol. The van der Waals surface area contributed by atoms with E-state index in [1.54, 1.807) is 0 Å². The normalized spacial score (nSPS) is 16.9. The largest absolute Gasteiger partial charge is 0.331 e. The summed E-state index contributed by atoms with van der Waals surface area (Å²) in [5, 5.41) is 5.33. The molecular formula is C21H36BrN5. The lowest BCUT2D eigenvalue weighted by Crippen LogP contribution is -2.58. The van der Waals surface area contributed by atoms with Gasteiger partial charge in [-0.05, 0) is 25.8 Å². The molecule has 1 heterocycles. The second kappa shape index (κ2) is 12.9. The zero-order chi connectivity index (χ0) is 18.7. The highest BCUT2D eigenvalue weighted by Crippen LogP contribution is 2.10. The second-order valence-corrected chi connectivity index (χ2v) is 7.45. The molecule has 6 heteroatoms. The molecule has 5 nitrogen and oxygen atoms in total. The topological polar surface area (TPSA) is 52.0 Å². The van der Waals surface area contributed by atoms with Crippen molar-refractivity contribution in [3.8, 4) is 0 Å². The van der Waals surface area contributed by atoms with Crippen LogP contribution in [0.3, 0.4) is 0 Å². The summed E-state index contributed by atoms with van der Waals surface area (Å²) < 4.78 is 0. The van der Waals surface area contributed by atoms with Gasteiger partial charge in [-0.25, -0.2) is 20.4 Å². The molecule has 0 fully saturated rings. The van der Waals surface area contributed by atoms with Crippen molar-refractivity contribution in [3.05, 3.63) is 35.9 Å². The van der Waals surface area contributed by atoms with Crippen LogP contribution in [0, 0.1) is 0 Å². The third-order valence-corrected chi connectivity index (χ3v) is 4.46. The lowest BCUT2D eigenvalue weighted by molar-refractivity contribution is 0.362. The molecule has 0 bridgehead atoms. The Kier molecular flexibility index (Phi) is 11.3. The number of hydrogen-bond donors (Lipinski definition) is 2. The fourth-order valence-electron chi connectivity index (χ4n) is 2.89. The van der Waals surface area contributed by atoms with Gasteiger partial charge in [0, 0.05) is 6.54 Å². The van der Waals surface area contributed by atoms with Crippen LogP contribution < -0.4 is 10.7 Å². The molecule has 0 saturated heterocycles. The van der Waals surface area contributed by atoms with Crippen molar-refractivity contribution >= 4 is 29.3 Å². The lowest BCUT2D eigenvalue weighted by atomic mass is 10.1. The number of benzene rings is 1. The molecule has 0 aromatic heterocycles. The molecular weight excluding hydrogens is 402 g/mol. The number of hydrogen-bond acceptors (Lipinski definition) is 3. The molecule has 1 aliphatic heterocycles. The fraction of sp³-hybridized carbons (Fsp3) is 0.619. The maximum absolute atomic E-state index is 4.76. The van der Waals surface area contributed by atoms with E-state index in [-0.39, 0.29) is 22.6 Å². The third kappa shape index (κ3) is 9.38. The van der Waals surface area contributed by atoms with Gasteiger partial charge in [-0.15, -0.1) is 17.0 Å². The quantitative estimate of drug-likeness (QED) is 0.476. The number of guanidine groups is 1. The van der Waals surface area contributed by atoms with Crippen molar-refractivity contribution in [1.82, 2.24) is 15.8 Å². The van der Waals surface area contributed by atoms with Gasteiger partial charge in [-0.3, -0.25) is 0 Å². The highest BCUT2D eigenvalue weighted by atomic mass is 79.9. The summed E-state index contributed by atoms with van der Waals surface area (Å²) in [7, 11) is 0. The molecule has 0 amide bonds. The third-order valence-electron chi connectivity index (χ3n) is 4.46. The number of aliphatic imine (C=N–C) groups is 2. The van der Waals surface area contributed by atoms with Crippen molar-refractivity contribution in [1.29, 1.82) is 0 Å². The van der Waals surface area contributed by atoms with E-state index in [9.17, 15) is 0 Å². The Morgan fingerprint density at radius 1 is 1.04 bits per heavy atom. The maximum atomic E-state index is 4.76. The van der Waals surface area contributed by atoms with E-state index in [2.05, 4.69) is 48.6 Å². The van der Waals surface area contributed by atoms with Gasteiger partial charge in [0.2, 0.25) is 5.96 Å². The van der Waals surface area contributed by atoms with Crippen molar-refractivity contribution < 1.29 is 0 Å². The number of rotatable bonds is 11. The first-order valence-corrected chi connectivity index (χ1v) is 10.1. The summed E-state index contributed by atoms with van der Waals surface area (Å²) in [6.45, 7) is 7.95. The van der Waals surface area contributed by atoms with Crippen LogP contribution in [0.1, 0.15) is 71.3 Å². The summed E-state index contributed by atoms with van der Waals surface area (Å²) >= 11 is 0. The van der Waals surface area contributed by atoms with Gasteiger partial charge in [0.1, 0.15) is 12.0 Å². The molecule has 0 radical (unpaired) electrons. The summed E-state index contributed by atoms with van der Waals surface area (Å²) in [5.41, 5.74) is 4.32. The zero-order valence-electron chi connectivity index (χ0n) is 17.1. The monoisotopic (exact) mass is 437 g/mol. The van der Waals surface area contributed by atoms with E-state index in [1.165, 1.54) is 50.5 Å². The Morgan fingerprint density at radius 3 is 2.41 bits per heavy atom. The number of nitrogens with zero attached hydrogens (tertiary/aromatic N) is 3. The summed E-state index contributed by atoms with van der Waals surface area (Å²) in [6.07, 6.45) is 11.0. The van der Waals surface area contributed by atoms with E-state index >= 15 is 0 Å². The minimum atomic E-state index is -0.326. The van der Waals surface area contributed by atoms with Gasteiger partial charge in [0.15, 0.2) is 0 Å². The van der Waals surface area contributed by atoms with E-state index < -0.39 is 0 Å². The average Bonchev–Trinajstić information content (AvgIpc) is 2.64. The molecule has 152 valence electrons. The van der Waals surface area contributed by atoms with Crippen molar-refractivity contribution in [2.75, 3.05) is 6.54 Å². The molecule has 2 N–H and O–H groups in total. The van der Waals surface area contributed by atoms with Gasteiger partial charge >= 0.3 is 0 Å². The highest BCUT2D eigenvalue weighted by molar-refractivity contribution is 8.93. The van der Waals surface area contributed by atoms with Crippen LogP contribution >= 0.6 is 17.0 Å². The number of nitrogens with one attached hydrogen (secondary N) is 2. The van der Waals surface area contributed by atoms with Crippen molar-refractivity contribution in [2.45, 2.75) is 77.9 Å². The zero-order valence-corrected chi connectivity index (χ0v) is 18.8. The van der Waals surface area contributed by atoms with E-state index in [4.69, 9.17) is 4.99 Å².